The molecule has 2 rings (SSSR count). The summed E-state index contributed by atoms with van der Waals surface area (Å²) in [5.41, 5.74) is 10.6. The fraction of sp³-hybridized carbons (Fsp3) is 0.176. The summed E-state index contributed by atoms with van der Waals surface area (Å²) in [6.07, 6.45) is 8.99. The number of rotatable bonds is 3. The van der Waals surface area contributed by atoms with Crippen LogP contribution in [0.3, 0.4) is 0 Å². The van der Waals surface area contributed by atoms with Crippen LogP contribution in [0.1, 0.15) is 23.5 Å². The van der Waals surface area contributed by atoms with Gasteiger partial charge in [0.15, 0.2) is 0 Å². The van der Waals surface area contributed by atoms with Gasteiger partial charge in [0.05, 0.1) is 0 Å². The zero-order chi connectivity index (χ0) is 13.0. The first-order valence-corrected chi connectivity index (χ1v) is 6.27. The van der Waals surface area contributed by atoms with Crippen LogP contribution in [0.5, 0.6) is 0 Å². The number of allylic oxidation sites excluding steroid dienone is 5. The van der Waals surface area contributed by atoms with E-state index >= 15 is 0 Å². The largest absolute Gasteiger partial charge is 0.330 e. The molecule has 0 bridgehead atoms. The van der Waals surface area contributed by atoms with Crippen molar-refractivity contribution in [1.82, 2.24) is 0 Å². The molecule has 2 N–H and O–H groups in total. The maximum absolute atomic E-state index is 5.75. The summed E-state index contributed by atoms with van der Waals surface area (Å²) in [7, 11) is 0. The van der Waals surface area contributed by atoms with Crippen molar-refractivity contribution in [3.63, 3.8) is 0 Å². The standard InChI is InChI=1S/C17H19N/c1-3-6-14-9-10-15-7-4-5-8-17(15)16(11-12-18)13(14)2/h3-10,16H,1-2,11-12,18H2/b14-6-. The molecular formula is C17H19N. The van der Waals surface area contributed by atoms with Crippen LogP contribution in [0.2, 0.25) is 0 Å². The van der Waals surface area contributed by atoms with Crippen molar-refractivity contribution in [2.75, 3.05) is 6.54 Å². The van der Waals surface area contributed by atoms with Crippen molar-refractivity contribution in [2.45, 2.75) is 12.3 Å². The minimum absolute atomic E-state index is 0.299. The molecule has 0 saturated heterocycles. The molecule has 1 aromatic rings. The van der Waals surface area contributed by atoms with Gasteiger partial charge in [-0.2, -0.15) is 0 Å². The molecule has 0 amide bonds. The van der Waals surface area contributed by atoms with E-state index in [-0.39, 0.29) is 0 Å². The molecule has 1 atom stereocenters. The molecule has 0 saturated carbocycles. The van der Waals surface area contributed by atoms with Gasteiger partial charge >= 0.3 is 0 Å². The second-order valence-electron chi connectivity index (χ2n) is 4.48. The minimum atomic E-state index is 0.299. The lowest BCUT2D eigenvalue weighted by atomic mass is 9.85. The lowest BCUT2D eigenvalue weighted by Gasteiger charge is -2.20. The third-order valence-corrected chi connectivity index (χ3v) is 3.36. The number of fused-ring (bicyclic) bond motifs is 1. The fourth-order valence-electron chi connectivity index (χ4n) is 2.44. The van der Waals surface area contributed by atoms with Crippen molar-refractivity contribution in [3.8, 4) is 0 Å². The van der Waals surface area contributed by atoms with Gasteiger partial charge < -0.3 is 5.73 Å². The predicted molar refractivity (Wildman–Crippen MR) is 79.3 cm³/mol. The molecule has 1 unspecified atom stereocenters. The van der Waals surface area contributed by atoms with E-state index < -0.39 is 0 Å². The molecule has 0 aliphatic heterocycles. The molecule has 1 aliphatic rings. The molecule has 0 radical (unpaired) electrons. The summed E-state index contributed by atoms with van der Waals surface area (Å²) in [6, 6.07) is 8.45. The van der Waals surface area contributed by atoms with Gasteiger partial charge in [-0.25, -0.2) is 0 Å². The highest BCUT2D eigenvalue weighted by molar-refractivity contribution is 5.65. The Morgan fingerprint density at radius 1 is 1.22 bits per heavy atom. The van der Waals surface area contributed by atoms with E-state index in [1.165, 1.54) is 11.1 Å². The quantitative estimate of drug-likeness (QED) is 0.850. The Morgan fingerprint density at radius 3 is 2.72 bits per heavy atom. The molecule has 0 spiro atoms. The summed E-state index contributed by atoms with van der Waals surface area (Å²) in [6.45, 7) is 8.68. The second kappa shape index (κ2) is 5.65. The average Bonchev–Trinajstić information content (AvgIpc) is 2.52. The van der Waals surface area contributed by atoms with E-state index in [0.717, 1.165) is 17.6 Å². The second-order valence-corrected chi connectivity index (χ2v) is 4.48. The van der Waals surface area contributed by atoms with Gasteiger partial charge in [-0.15, -0.1) is 0 Å². The highest BCUT2D eigenvalue weighted by Crippen LogP contribution is 2.36. The Kier molecular flexibility index (Phi) is 3.96. The fourth-order valence-corrected chi connectivity index (χ4v) is 2.44. The Morgan fingerprint density at radius 2 is 2.00 bits per heavy atom. The van der Waals surface area contributed by atoms with Crippen LogP contribution in [-0.4, -0.2) is 6.54 Å². The third kappa shape index (κ3) is 2.36. The van der Waals surface area contributed by atoms with Gasteiger partial charge in [0.1, 0.15) is 0 Å². The van der Waals surface area contributed by atoms with Crippen molar-refractivity contribution in [3.05, 3.63) is 77.9 Å². The first-order valence-electron chi connectivity index (χ1n) is 6.27. The zero-order valence-electron chi connectivity index (χ0n) is 10.6. The van der Waals surface area contributed by atoms with Crippen molar-refractivity contribution in [1.29, 1.82) is 0 Å². The van der Waals surface area contributed by atoms with Crippen LogP contribution >= 0.6 is 0 Å². The Balaban J connectivity index is 2.52. The van der Waals surface area contributed by atoms with Crippen LogP contribution in [0.15, 0.2) is 66.8 Å². The monoisotopic (exact) mass is 237 g/mol. The van der Waals surface area contributed by atoms with E-state index in [4.69, 9.17) is 5.73 Å². The highest BCUT2D eigenvalue weighted by Gasteiger charge is 2.20. The lowest BCUT2D eigenvalue weighted by molar-refractivity contribution is 0.723. The van der Waals surface area contributed by atoms with Crippen molar-refractivity contribution < 1.29 is 0 Å². The van der Waals surface area contributed by atoms with Gasteiger partial charge in [0.25, 0.3) is 0 Å². The van der Waals surface area contributed by atoms with Gasteiger partial charge in [-0.05, 0) is 35.2 Å². The van der Waals surface area contributed by atoms with E-state index in [0.29, 0.717) is 12.5 Å². The van der Waals surface area contributed by atoms with Crippen LogP contribution in [0.4, 0.5) is 0 Å². The van der Waals surface area contributed by atoms with Crippen LogP contribution in [0, 0.1) is 0 Å². The summed E-state index contributed by atoms with van der Waals surface area (Å²) in [4.78, 5) is 0. The van der Waals surface area contributed by atoms with Crippen LogP contribution < -0.4 is 5.73 Å². The summed E-state index contributed by atoms with van der Waals surface area (Å²) < 4.78 is 0. The van der Waals surface area contributed by atoms with Crippen LogP contribution in [-0.2, 0) is 0 Å². The van der Waals surface area contributed by atoms with E-state index in [9.17, 15) is 0 Å². The number of nitrogens with two attached hydrogens (primary N) is 1. The van der Waals surface area contributed by atoms with Gasteiger partial charge in [-0.1, -0.05) is 61.7 Å². The first-order chi connectivity index (χ1) is 8.77. The summed E-state index contributed by atoms with van der Waals surface area (Å²) in [5, 5.41) is 0. The highest BCUT2D eigenvalue weighted by atomic mass is 14.5. The van der Waals surface area contributed by atoms with Gasteiger partial charge in [0, 0.05) is 5.92 Å². The predicted octanol–water partition coefficient (Wildman–Crippen LogP) is 3.81. The van der Waals surface area contributed by atoms with E-state index in [1.54, 1.807) is 6.08 Å². The first kappa shape index (κ1) is 12.6. The Labute approximate surface area is 109 Å². The molecule has 92 valence electrons. The topological polar surface area (TPSA) is 26.0 Å². The maximum atomic E-state index is 5.75. The normalized spacial score (nSPS) is 20.6. The van der Waals surface area contributed by atoms with Crippen LogP contribution in [0.25, 0.3) is 6.08 Å². The summed E-state index contributed by atoms with van der Waals surface area (Å²) >= 11 is 0. The molecule has 1 aromatic carbocycles. The number of hydrogen-bond donors (Lipinski definition) is 1. The number of benzene rings is 1. The average molecular weight is 237 g/mol. The van der Waals surface area contributed by atoms with E-state index in [2.05, 4.69) is 49.6 Å². The minimum Gasteiger partial charge on any atom is -0.330 e. The van der Waals surface area contributed by atoms with Crippen molar-refractivity contribution >= 4 is 6.08 Å². The SMILES string of the molecule is C=C/C=C1/C=Cc2ccccc2C(CCN)C1=C. The Bertz CT molecular complexity index is 520. The van der Waals surface area contributed by atoms with Crippen molar-refractivity contribution in [2.24, 2.45) is 5.73 Å². The molecule has 1 heteroatoms. The molecule has 0 fully saturated rings. The lowest BCUT2D eigenvalue weighted by Crippen LogP contribution is -2.10. The molecule has 0 heterocycles. The molecular weight excluding hydrogens is 218 g/mol. The maximum Gasteiger partial charge on any atom is 0.0107 e. The molecule has 18 heavy (non-hydrogen) atoms. The number of hydrogen-bond acceptors (Lipinski definition) is 1. The molecule has 0 aromatic heterocycles. The smallest absolute Gasteiger partial charge is 0.0107 e. The summed E-state index contributed by atoms with van der Waals surface area (Å²) in [5.74, 6) is 0.299. The zero-order valence-corrected chi connectivity index (χ0v) is 10.6. The Hall–Kier alpha value is -1.86. The molecule has 1 nitrogen and oxygen atoms in total. The molecule has 1 aliphatic carbocycles. The van der Waals surface area contributed by atoms with E-state index in [1.807, 2.05) is 6.08 Å². The third-order valence-electron chi connectivity index (χ3n) is 3.36. The van der Waals surface area contributed by atoms with Gasteiger partial charge in [-0.3, -0.25) is 0 Å². The van der Waals surface area contributed by atoms with Gasteiger partial charge in [0.2, 0.25) is 0 Å².